The van der Waals surface area contributed by atoms with Crippen molar-refractivity contribution < 1.29 is 14.7 Å². The Morgan fingerprint density at radius 3 is 2.87 bits per heavy atom. The molecule has 0 radical (unpaired) electrons. The molecule has 0 atom stereocenters. The molecule has 80 valence electrons. The van der Waals surface area contributed by atoms with Crippen molar-refractivity contribution in [3.8, 4) is 0 Å². The number of aliphatic carboxylic acids is 1. The highest BCUT2D eigenvalue weighted by Crippen LogP contribution is 2.04. The fourth-order valence-corrected chi connectivity index (χ4v) is 1.09. The maximum Gasteiger partial charge on any atom is 0.303 e. The van der Waals surface area contributed by atoms with Crippen molar-refractivity contribution in [1.29, 1.82) is 0 Å². The van der Waals surface area contributed by atoms with Crippen LogP contribution in [0, 0.1) is 0 Å². The van der Waals surface area contributed by atoms with Gasteiger partial charge in [0.15, 0.2) is 0 Å². The molecule has 0 fully saturated rings. The third-order valence-electron chi connectivity index (χ3n) is 1.74. The first-order chi connectivity index (χ1) is 7.24. The first kappa shape index (κ1) is 11.2. The van der Waals surface area contributed by atoms with Gasteiger partial charge in [0.1, 0.15) is 12.8 Å². The van der Waals surface area contributed by atoms with E-state index < -0.39 is 5.97 Å². The molecule has 1 aromatic heterocycles. The maximum absolute atomic E-state index is 10.4. The number of rotatable bonds is 5. The van der Waals surface area contributed by atoms with Gasteiger partial charge in [0, 0.05) is 12.6 Å². The number of carboxylic acids is 1. The number of carboxylic acid groups (broad SMARTS) is 1. The standard InChI is InChI=1S/C10H12N2O3/c1-15-12-9(5-6-10(13)14)8-4-2-3-7-11-8/h2-4,7H,5-6H2,1H3,(H,13,14)/b12-9+. The van der Waals surface area contributed by atoms with Crippen LogP contribution in [-0.4, -0.2) is 28.9 Å². The summed E-state index contributed by atoms with van der Waals surface area (Å²) in [5, 5.41) is 12.3. The van der Waals surface area contributed by atoms with E-state index in [0.29, 0.717) is 17.8 Å². The average molecular weight is 208 g/mol. The van der Waals surface area contributed by atoms with Gasteiger partial charge in [-0.3, -0.25) is 9.78 Å². The van der Waals surface area contributed by atoms with Crippen molar-refractivity contribution in [2.75, 3.05) is 7.11 Å². The maximum atomic E-state index is 10.4. The van der Waals surface area contributed by atoms with Gasteiger partial charge in [-0.05, 0) is 12.1 Å². The minimum absolute atomic E-state index is 0.0127. The van der Waals surface area contributed by atoms with Crippen LogP contribution in [0.5, 0.6) is 0 Å². The van der Waals surface area contributed by atoms with Gasteiger partial charge in [0.25, 0.3) is 0 Å². The summed E-state index contributed by atoms with van der Waals surface area (Å²) in [6.45, 7) is 0. The summed E-state index contributed by atoms with van der Waals surface area (Å²) in [5.41, 5.74) is 1.18. The first-order valence-electron chi connectivity index (χ1n) is 4.47. The molecule has 0 bridgehead atoms. The van der Waals surface area contributed by atoms with E-state index in [1.54, 1.807) is 18.3 Å². The molecule has 5 heteroatoms. The molecular formula is C10H12N2O3. The lowest BCUT2D eigenvalue weighted by atomic mass is 10.1. The second-order valence-electron chi connectivity index (χ2n) is 2.83. The van der Waals surface area contributed by atoms with E-state index in [4.69, 9.17) is 5.11 Å². The Bertz CT molecular complexity index is 349. The normalized spacial score (nSPS) is 11.1. The predicted molar refractivity (Wildman–Crippen MR) is 54.7 cm³/mol. The SMILES string of the molecule is CO/N=C(\CCC(=O)O)c1ccccn1. The molecule has 1 rings (SSSR count). The molecule has 0 aliphatic heterocycles. The highest BCUT2D eigenvalue weighted by atomic mass is 16.6. The topological polar surface area (TPSA) is 71.8 Å². The molecule has 0 aliphatic rings. The fraction of sp³-hybridized carbons (Fsp3) is 0.300. The minimum atomic E-state index is -0.866. The Morgan fingerprint density at radius 1 is 1.53 bits per heavy atom. The third kappa shape index (κ3) is 3.76. The van der Waals surface area contributed by atoms with Gasteiger partial charge >= 0.3 is 5.97 Å². The molecule has 0 amide bonds. The number of oxime groups is 1. The van der Waals surface area contributed by atoms with Crippen molar-refractivity contribution >= 4 is 11.7 Å². The second kappa shape index (κ2) is 5.74. The third-order valence-corrected chi connectivity index (χ3v) is 1.74. The van der Waals surface area contributed by atoms with Crippen LogP contribution in [0.1, 0.15) is 18.5 Å². The van der Waals surface area contributed by atoms with Gasteiger partial charge in [0.05, 0.1) is 12.1 Å². The summed E-state index contributed by atoms with van der Waals surface area (Å²) < 4.78 is 0. The summed E-state index contributed by atoms with van der Waals surface area (Å²) in [4.78, 5) is 19.1. The average Bonchev–Trinajstić information content (AvgIpc) is 2.25. The van der Waals surface area contributed by atoms with Crippen molar-refractivity contribution in [3.05, 3.63) is 30.1 Å². The van der Waals surface area contributed by atoms with Crippen LogP contribution in [0.4, 0.5) is 0 Å². The number of aromatic nitrogens is 1. The molecular weight excluding hydrogens is 196 g/mol. The number of pyridine rings is 1. The predicted octanol–water partition coefficient (Wildman–Crippen LogP) is 1.30. The molecule has 0 aromatic carbocycles. The van der Waals surface area contributed by atoms with E-state index in [9.17, 15) is 4.79 Å². The van der Waals surface area contributed by atoms with Gasteiger partial charge in [-0.1, -0.05) is 11.2 Å². The number of carbonyl (C=O) groups is 1. The molecule has 1 N–H and O–H groups in total. The summed E-state index contributed by atoms with van der Waals surface area (Å²) in [6, 6.07) is 5.36. The lowest BCUT2D eigenvalue weighted by molar-refractivity contribution is -0.136. The molecule has 0 unspecified atom stereocenters. The number of hydrogen-bond donors (Lipinski definition) is 1. The molecule has 1 heterocycles. The van der Waals surface area contributed by atoms with E-state index in [1.165, 1.54) is 7.11 Å². The summed E-state index contributed by atoms with van der Waals surface area (Å²) in [5.74, 6) is -0.866. The zero-order valence-corrected chi connectivity index (χ0v) is 8.38. The largest absolute Gasteiger partial charge is 0.481 e. The van der Waals surface area contributed by atoms with Crippen LogP contribution in [0.15, 0.2) is 29.6 Å². The number of hydrogen-bond acceptors (Lipinski definition) is 4. The van der Waals surface area contributed by atoms with Gasteiger partial charge < -0.3 is 9.94 Å². The minimum Gasteiger partial charge on any atom is -0.481 e. The lowest BCUT2D eigenvalue weighted by Crippen LogP contribution is -2.07. The van der Waals surface area contributed by atoms with Crippen molar-refractivity contribution in [1.82, 2.24) is 4.98 Å². The molecule has 0 aliphatic carbocycles. The van der Waals surface area contributed by atoms with E-state index >= 15 is 0 Å². The summed E-state index contributed by atoms with van der Waals surface area (Å²) >= 11 is 0. The Balaban J connectivity index is 2.75. The van der Waals surface area contributed by atoms with Gasteiger partial charge in [-0.25, -0.2) is 0 Å². The molecule has 5 nitrogen and oxygen atoms in total. The van der Waals surface area contributed by atoms with Crippen molar-refractivity contribution in [2.45, 2.75) is 12.8 Å². The zero-order valence-electron chi connectivity index (χ0n) is 8.38. The van der Waals surface area contributed by atoms with Gasteiger partial charge in [-0.15, -0.1) is 0 Å². The van der Waals surface area contributed by atoms with Gasteiger partial charge in [0.2, 0.25) is 0 Å². The lowest BCUT2D eigenvalue weighted by Gasteiger charge is -2.02. The van der Waals surface area contributed by atoms with Crippen LogP contribution in [0.3, 0.4) is 0 Å². The quantitative estimate of drug-likeness (QED) is 0.584. The molecule has 0 saturated heterocycles. The van der Waals surface area contributed by atoms with E-state index in [-0.39, 0.29) is 6.42 Å². The van der Waals surface area contributed by atoms with Crippen LogP contribution >= 0.6 is 0 Å². The Kier molecular flexibility index (Phi) is 4.28. The van der Waals surface area contributed by atoms with Crippen LogP contribution in [0.2, 0.25) is 0 Å². The van der Waals surface area contributed by atoms with Gasteiger partial charge in [-0.2, -0.15) is 0 Å². The molecule has 15 heavy (non-hydrogen) atoms. The van der Waals surface area contributed by atoms with Crippen LogP contribution in [-0.2, 0) is 9.63 Å². The monoisotopic (exact) mass is 208 g/mol. The van der Waals surface area contributed by atoms with Crippen LogP contribution in [0.25, 0.3) is 0 Å². The Labute approximate surface area is 87.4 Å². The van der Waals surface area contributed by atoms with Crippen LogP contribution < -0.4 is 0 Å². The zero-order chi connectivity index (χ0) is 11.1. The molecule has 0 spiro atoms. The number of nitrogens with zero attached hydrogens (tertiary/aromatic N) is 2. The highest BCUT2D eigenvalue weighted by molar-refractivity contribution is 5.99. The molecule has 0 saturated carbocycles. The first-order valence-corrected chi connectivity index (χ1v) is 4.47. The van der Waals surface area contributed by atoms with E-state index in [0.717, 1.165) is 0 Å². The smallest absolute Gasteiger partial charge is 0.303 e. The van der Waals surface area contributed by atoms with Crippen molar-refractivity contribution in [2.24, 2.45) is 5.16 Å². The highest BCUT2D eigenvalue weighted by Gasteiger charge is 2.08. The summed E-state index contributed by atoms with van der Waals surface area (Å²) in [6.07, 6.45) is 1.94. The molecule has 1 aromatic rings. The van der Waals surface area contributed by atoms with Crippen molar-refractivity contribution in [3.63, 3.8) is 0 Å². The Morgan fingerprint density at radius 2 is 2.33 bits per heavy atom. The van der Waals surface area contributed by atoms with E-state index in [2.05, 4.69) is 15.0 Å². The fourth-order valence-electron chi connectivity index (χ4n) is 1.09. The summed E-state index contributed by atoms with van der Waals surface area (Å²) in [7, 11) is 1.42. The Hall–Kier alpha value is -1.91. The van der Waals surface area contributed by atoms with E-state index in [1.807, 2.05) is 6.07 Å². The second-order valence-corrected chi connectivity index (χ2v) is 2.83.